The molecule has 4 heterocycles. The molecule has 0 aromatic carbocycles. The van der Waals surface area contributed by atoms with E-state index in [4.69, 9.17) is 9.15 Å². The largest absolute Gasteiger partial charge is 0.477 e. The Kier molecular flexibility index (Phi) is 4.03. The van der Waals surface area contributed by atoms with Crippen LogP contribution in [-0.2, 0) is 6.54 Å². The smallest absolute Gasteiger partial charge is 0.261 e. The van der Waals surface area contributed by atoms with Crippen LogP contribution in [0.5, 0.6) is 5.88 Å². The van der Waals surface area contributed by atoms with Crippen molar-refractivity contribution in [1.82, 2.24) is 14.7 Å². The number of ether oxygens (including phenoxy) is 1. The predicted molar refractivity (Wildman–Crippen MR) is 86.8 cm³/mol. The van der Waals surface area contributed by atoms with E-state index in [9.17, 15) is 4.79 Å². The van der Waals surface area contributed by atoms with Gasteiger partial charge < -0.3 is 14.1 Å². The van der Waals surface area contributed by atoms with E-state index in [1.54, 1.807) is 17.1 Å². The zero-order valence-electron chi connectivity index (χ0n) is 12.8. The van der Waals surface area contributed by atoms with Gasteiger partial charge in [-0.15, -0.1) is 11.8 Å². The lowest BCUT2D eigenvalue weighted by atomic mass is 10.2. The van der Waals surface area contributed by atoms with Crippen molar-refractivity contribution in [2.24, 2.45) is 0 Å². The third-order valence-corrected chi connectivity index (χ3v) is 5.55. The Morgan fingerprint density at radius 3 is 3.17 bits per heavy atom. The summed E-state index contributed by atoms with van der Waals surface area (Å²) in [6.45, 7) is 2.94. The quantitative estimate of drug-likeness (QED) is 0.845. The molecule has 2 aromatic heterocycles. The number of aryl methyl sites for hydroxylation is 1. The summed E-state index contributed by atoms with van der Waals surface area (Å²) in [5, 5.41) is 4.60. The molecule has 2 aliphatic rings. The number of hydrogen-bond acceptors (Lipinski definition) is 5. The molecule has 1 atom stereocenters. The fraction of sp³-hybridized carbons (Fsp3) is 0.500. The standard InChI is InChI=1S/C16H19N3O3S/c20-15(12-11-17-19-5-2-9-22-16(12)19)18-6-4-14(23-10-7-18)13-3-1-8-21-13/h1,3,8,11,14H,2,4-7,9-10H2. The molecule has 0 bridgehead atoms. The number of nitrogens with zero attached hydrogens (tertiary/aromatic N) is 3. The van der Waals surface area contributed by atoms with Crippen LogP contribution in [0, 0.1) is 0 Å². The molecule has 122 valence electrons. The Labute approximate surface area is 138 Å². The van der Waals surface area contributed by atoms with Crippen LogP contribution in [0.3, 0.4) is 0 Å². The minimum Gasteiger partial charge on any atom is -0.477 e. The van der Waals surface area contributed by atoms with E-state index in [0.29, 0.717) is 23.3 Å². The summed E-state index contributed by atoms with van der Waals surface area (Å²) in [7, 11) is 0. The SMILES string of the molecule is O=C(c1cnn2c1OCCC2)N1CCSC(c2ccco2)CC1. The molecule has 0 saturated carbocycles. The van der Waals surface area contributed by atoms with Crippen LogP contribution in [0.2, 0.25) is 0 Å². The second-order valence-electron chi connectivity index (χ2n) is 5.74. The Bertz CT molecular complexity index is 683. The van der Waals surface area contributed by atoms with Crippen LogP contribution in [-0.4, -0.2) is 46.0 Å². The highest BCUT2D eigenvalue weighted by Crippen LogP contribution is 2.35. The second-order valence-corrected chi connectivity index (χ2v) is 7.05. The van der Waals surface area contributed by atoms with Crippen molar-refractivity contribution in [1.29, 1.82) is 0 Å². The lowest BCUT2D eigenvalue weighted by Gasteiger charge is -2.21. The maximum absolute atomic E-state index is 12.8. The lowest BCUT2D eigenvalue weighted by Crippen LogP contribution is -2.33. The van der Waals surface area contributed by atoms with Crippen molar-refractivity contribution in [3.63, 3.8) is 0 Å². The van der Waals surface area contributed by atoms with E-state index >= 15 is 0 Å². The fourth-order valence-corrected chi connectivity index (χ4v) is 4.24. The molecule has 0 aliphatic carbocycles. The van der Waals surface area contributed by atoms with Gasteiger partial charge in [-0.3, -0.25) is 4.79 Å². The van der Waals surface area contributed by atoms with Gasteiger partial charge in [0.15, 0.2) is 0 Å². The molecule has 1 unspecified atom stereocenters. The molecular formula is C16H19N3O3S. The summed E-state index contributed by atoms with van der Waals surface area (Å²) in [6.07, 6.45) is 5.19. The van der Waals surface area contributed by atoms with Gasteiger partial charge >= 0.3 is 0 Å². The summed E-state index contributed by atoms with van der Waals surface area (Å²) in [4.78, 5) is 14.7. The molecule has 0 radical (unpaired) electrons. The van der Waals surface area contributed by atoms with E-state index in [-0.39, 0.29) is 5.91 Å². The van der Waals surface area contributed by atoms with E-state index in [2.05, 4.69) is 5.10 Å². The van der Waals surface area contributed by atoms with Gasteiger partial charge in [-0.1, -0.05) is 0 Å². The summed E-state index contributed by atoms with van der Waals surface area (Å²) >= 11 is 1.85. The molecule has 7 heteroatoms. The maximum atomic E-state index is 12.8. The zero-order chi connectivity index (χ0) is 15.6. The number of furan rings is 1. The van der Waals surface area contributed by atoms with E-state index < -0.39 is 0 Å². The number of fused-ring (bicyclic) bond motifs is 1. The average Bonchev–Trinajstić information content (AvgIpc) is 3.19. The number of aromatic nitrogens is 2. The van der Waals surface area contributed by atoms with Crippen LogP contribution >= 0.6 is 11.8 Å². The normalized spacial score (nSPS) is 21.4. The minimum atomic E-state index is 0.0221. The van der Waals surface area contributed by atoms with Gasteiger partial charge in [0.25, 0.3) is 5.91 Å². The number of rotatable bonds is 2. The van der Waals surface area contributed by atoms with Gasteiger partial charge in [0.1, 0.15) is 11.3 Å². The van der Waals surface area contributed by atoms with Gasteiger partial charge in [-0.25, -0.2) is 4.68 Å². The van der Waals surface area contributed by atoms with Crippen LogP contribution in [0.1, 0.15) is 34.2 Å². The van der Waals surface area contributed by atoms with Gasteiger partial charge in [-0.2, -0.15) is 5.10 Å². The average molecular weight is 333 g/mol. The maximum Gasteiger partial charge on any atom is 0.261 e. The molecule has 1 saturated heterocycles. The number of thioether (sulfide) groups is 1. The zero-order valence-corrected chi connectivity index (χ0v) is 13.6. The number of amides is 1. The van der Waals surface area contributed by atoms with Gasteiger partial charge in [0.2, 0.25) is 5.88 Å². The monoisotopic (exact) mass is 333 g/mol. The second kappa shape index (κ2) is 6.31. The van der Waals surface area contributed by atoms with E-state index in [1.165, 1.54) is 0 Å². The molecular weight excluding hydrogens is 314 g/mol. The number of carbonyl (C=O) groups is 1. The van der Waals surface area contributed by atoms with Crippen molar-refractivity contribution in [2.45, 2.75) is 24.6 Å². The highest BCUT2D eigenvalue weighted by molar-refractivity contribution is 7.99. The number of carbonyl (C=O) groups excluding carboxylic acids is 1. The lowest BCUT2D eigenvalue weighted by molar-refractivity contribution is 0.0759. The minimum absolute atomic E-state index is 0.0221. The molecule has 1 fully saturated rings. The van der Waals surface area contributed by atoms with Gasteiger partial charge in [0, 0.05) is 31.8 Å². The van der Waals surface area contributed by atoms with Crippen molar-refractivity contribution in [2.75, 3.05) is 25.4 Å². The molecule has 2 aromatic rings. The molecule has 23 heavy (non-hydrogen) atoms. The van der Waals surface area contributed by atoms with Crippen LogP contribution in [0.4, 0.5) is 0 Å². The first-order valence-electron chi connectivity index (χ1n) is 7.96. The Morgan fingerprint density at radius 2 is 2.30 bits per heavy atom. The van der Waals surface area contributed by atoms with Crippen molar-refractivity contribution in [3.8, 4) is 5.88 Å². The Balaban J connectivity index is 1.48. The van der Waals surface area contributed by atoms with Crippen molar-refractivity contribution >= 4 is 17.7 Å². The first-order valence-corrected chi connectivity index (χ1v) is 9.00. The molecule has 1 amide bonds. The van der Waals surface area contributed by atoms with E-state index in [1.807, 2.05) is 28.8 Å². The van der Waals surface area contributed by atoms with Gasteiger partial charge in [0.05, 0.1) is 24.3 Å². The highest BCUT2D eigenvalue weighted by Gasteiger charge is 2.28. The molecule has 4 rings (SSSR count). The summed E-state index contributed by atoms with van der Waals surface area (Å²) in [6, 6.07) is 3.93. The molecule has 6 nitrogen and oxygen atoms in total. The fourth-order valence-electron chi connectivity index (χ4n) is 3.06. The Hall–Kier alpha value is -1.89. The molecule has 0 N–H and O–H groups in total. The topological polar surface area (TPSA) is 60.5 Å². The summed E-state index contributed by atoms with van der Waals surface area (Å²) in [5.74, 6) is 2.55. The van der Waals surface area contributed by atoms with Crippen molar-refractivity contribution < 1.29 is 13.9 Å². The van der Waals surface area contributed by atoms with Gasteiger partial charge in [-0.05, 0) is 18.6 Å². The molecule has 0 spiro atoms. The first kappa shape index (κ1) is 14.7. The summed E-state index contributed by atoms with van der Waals surface area (Å²) in [5.41, 5.74) is 0.589. The third-order valence-electron chi connectivity index (χ3n) is 4.26. The number of hydrogen-bond donors (Lipinski definition) is 0. The Morgan fingerprint density at radius 1 is 1.35 bits per heavy atom. The van der Waals surface area contributed by atoms with Crippen LogP contribution < -0.4 is 4.74 Å². The predicted octanol–water partition coefficient (Wildman–Crippen LogP) is 2.58. The van der Waals surface area contributed by atoms with Crippen LogP contribution in [0.25, 0.3) is 0 Å². The highest BCUT2D eigenvalue weighted by atomic mass is 32.2. The van der Waals surface area contributed by atoms with E-state index in [0.717, 1.165) is 44.0 Å². The summed E-state index contributed by atoms with van der Waals surface area (Å²) < 4.78 is 13.0. The first-order chi connectivity index (χ1) is 11.3. The third kappa shape index (κ3) is 2.85. The molecule has 2 aliphatic heterocycles. The van der Waals surface area contributed by atoms with Crippen molar-refractivity contribution in [3.05, 3.63) is 35.9 Å². The van der Waals surface area contributed by atoms with Crippen LogP contribution in [0.15, 0.2) is 29.0 Å².